The van der Waals surface area contributed by atoms with Gasteiger partial charge in [-0.1, -0.05) is 11.3 Å². The van der Waals surface area contributed by atoms with Crippen molar-refractivity contribution in [1.82, 2.24) is 35.6 Å². The van der Waals surface area contributed by atoms with E-state index < -0.39 is 0 Å². The molecule has 3 heterocycles. The first-order chi connectivity index (χ1) is 17.5. The zero-order chi connectivity index (χ0) is 25.5. The van der Waals surface area contributed by atoms with E-state index in [-0.39, 0.29) is 6.03 Å². The molecular weight excluding hydrogens is 476 g/mol. The fraction of sp³-hybridized carbons (Fsp3) is 0.280. The van der Waals surface area contributed by atoms with Gasteiger partial charge in [-0.05, 0) is 63.2 Å². The van der Waals surface area contributed by atoms with Crippen LogP contribution in [0.1, 0.15) is 17.5 Å². The van der Waals surface area contributed by atoms with Gasteiger partial charge in [-0.25, -0.2) is 24.7 Å². The van der Waals surface area contributed by atoms with Gasteiger partial charge in [0.15, 0.2) is 11.0 Å². The summed E-state index contributed by atoms with van der Waals surface area (Å²) in [5.41, 5.74) is 5.05. The van der Waals surface area contributed by atoms with Gasteiger partial charge in [0.1, 0.15) is 11.4 Å². The molecule has 0 saturated carbocycles. The predicted molar refractivity (Wildman–Crippen MR) is 141 cm³/mol. The van der Waals surface area contributed by atoms with Gasteiger partial charge in [-0.3, -0.25) is 10.3 Å². The highest BCUT2D eigenvalue weighted by molar-refractivity contribution is 7.19. The van der Waals surface area contributed by atoms with Crippen LogP contribution in [0.5, 0.6) is 5.75 Å². The molecule has 0 saturated heterocycles. The van der Waals surface area contributed by atoms with Crippen molar-refractivity contribution in [1.29, 1.82) is 0 Å². The number of benzene rings is 1. The zero-order valence-electron chi connectivity index (χ0n) is 20.6. The van der Waals surface area contributed by atoms with Crippen LogP contribution in [0.25, 0.3) is 33.3 Å². The average molecular weight is 505 g/mol. The molecule has 0 aliphatic rings. The first-order valence-electron chi connectivity index (χ1n) is 11.4. The Labute approximate surface area is 213 Å². The number of nitrogens with one attached hydrogen (secondary N) is 3. The highest BCUT2D eigenvalue weighted by Crippen LogP contribution is 2.35. The third-order valence-electron chi connectivity index (χ3n) is 5.38. The van der Waals surface area contributed by atoms with E-state index in [4.69, 9.17) is 14.7 Å². The molecule has 0 fully saturated rings. The SMILES string of the molecule is CNCCCNC(=O)Nc1ncc(-c2cc(-c3c(C)cc(OC)cc3C)nc(-c3cnccn3)n2)s1. The maximum Gasteiger partial charge on any atom is 0.321 e. The Morgan fingerprint density at radius 3 is 2.44 bits per heavy atom. The fourth-order valence-corrected chi connectivity index (χ4v) is 4.51. The third kappa shape index (κ3) is 5.99. The first kappa shape index (κ1) is 25.1. The van der Waals surface area contributed by atoms with Gasteiger partial charge in [-0.2, -0.15) is 0 Å². The number of carbonyl (C=O) groups is 1. The van der Waals surface area contributed by atoms with Crippen LogP contribution < -0.4 is 20.7 Å². The standard InChI is InChI=1S/C25H28N8O2S/c1-15-10-17(35-4)11-16(2)22(15)19-12-18(31-23(32-19)20-13-27-8-9-28-20)21-14-30-25(36-21)33-24(34)29-7-5-6-26-3/h8-14,26H,5-7H2,1-4H3,(H2,29,30,33,34). The number of aryl methyl sites for hydroxylation is 2. The lowest BCUT2D eigenvalue weighted by molar-refractivity contribution is 0.252. The number of thiazole rings is 1. The topological polar surface area (TPSA) is 127 Å². The van der Waals surface area contributed by atoms with Crippen LogP contribution in [0.2, 0.25) is 0 Å². The molecule has 4 aromatic rings. The van der Waals surface area contributed by atoms with Gasteiger partial charge in [0, 0.05) is 30.7 Å². The molecule has 11 heteroatoms. The molecular formula is C25H28N8O2S. The summed E-state index contributed by atoms with van der Waals surface area (Å²) in [5, 5.41) is 9.14. The van der Waals surface area contributed by atoms with Gasteiger partial charge in [0.25, 0.3) is 0 Å². The Balaban J connectivity index is 1.69. The van der Waals surface area contributed by atoms with E-state index in [0.29, 0.717) is 28.9 Å². The highest BCUT2D eigenvalue weighted by atomic mass is 32.1. The normalized spacial score (nSPS) is 10.8. The summed E-state index contributed by atoms with van der Waals surface area (Å²) in [6.07, 6.45) is 7.39. The van der Waals surface area contributed by atoms with Crippen molar-refractivity contribution < 1.29 is 9.53 Å². The van der Waals surface area contributed by atoms with Gasteiger partial charge >= 0.3 is 6.03 Å². The molecule has 10 nitrogen and oxygen atoms in total. The summed E-state index contributed by atoms with van der Waals surface area (Å²) in [7, 11) is 3.53. The van der Waals surface area contributed by atoms with Crippen molar-refractivity contribution >= 4 is 22.5 Å². The van der Waals surface area contributed by atoms with Crippen molar-refractivity contribution in [2.75, 3.05) is 32.6 Å². The molecule has 36 heavy (non-hydrogen) atoms. The van der Waals surface area contributed by atoms with E-state index in [1.807, 2.05) is 39.1 Å². The molecule has 3 N–H and O–H groups in total. The molecule has 0 radical (unpaired) electrons. The number of aromatic nitrogens is 5. The number of nitrogens with zero attached hydrogens (tertiary/aromatic N) is 5. The van der Waals surface area contributed by atoms with Gasteiger partial charge in [-0.15, -0.1) is 0 Å². The molecule has 4 rings (SSSR count). The van der Waals surface area contributed by atoms with Crippen LogP contribution >= 0.6 is 11.3 Å². The minimum atomic E-state index is -0.292. The molecule has 186 valence electrons. The van der Waals surface area contributed by atoms with Crippen molar-refractivity contribution in [3.05, 3.63) is 54.1 Å². The summed E-state index contributed by atoms with van der Waals surface area (Å²) in [6, 6.07) is 5.60. The van der Waals surface area contributed by atoms with Gasteiger partial charge in [0.05, 0.1) is 29.6 Å². The van der Waals surface area contributed by atoms with Crippen molar-refractivity contribution in [2.24, 2.45) is 0 Å². The Morgan fingerprint density at radius 2 is 1.75 bits per heavy atom. The molecule has 0 unspecified atom stereocenters. The second kappa shape index (κ2) is 11.6. The van der Waals surface area contributed by atoms with Crippen LogP contribution in [-0.4, -0.2) is 58.2 Å². The number of methoxy groups -OCH3 is 1. The first-order valence-corrected chi connectivity index (χ1v) is 12.3. The molecule has 0 spiro atoms. The Bertz CT molecular complexity index is 1320. The smallest absolute Gasteiger partial charge is 0.321 e. The monoisotopic (exact) mass is 504 g/mol. The number of hydrogen-bond acceptors (Lipinski definition) is 9. The lowest BCUT2D eigenvalue weighted by Crippen LogP contribution is -2.30. The van der Waals surface area contributed by atoms with Crippen LogP contribution in [0.4, 0.5) is 9.93 Å². The molecule has 0 aliphatic carbocycles. The maximum absolute atomic E-state index is 12.2. The van der Waals surface area contributed by atoms with E-state index in [0.717, 1.165) is 46.0 Å². The molecule has 1 aromatic carbocycles. The Morgan fingerprint density at radius 1 is 0.972 bits per heavy atom. The van der Waals surface area contributed by atoms with Crippen LogP contribution in [0.3, 0.4) is 0 Å². The molecule has 2 amide bonds. The van der Waals surface area contributed by atoms with Crippen LogP contribution in [0, 0.1) is 13.8 Å². The quantitative estimate of drug-likeness (QED) is 0.291. The number of rotatable bonds is 9. The van der Waals surface area contributed by atoms with E-state index in [1.165, 1.54) is 11.3 Å². The van der Waals surface area contributed by atoms with E-state index >= 15 is 0 Å². The summed E-state index contributed by atoms with van der Waals surface area (Å²) >= 11 is 1.34. The van der Waals surface area contributed by atoms with Gasteiger partial charge < -0.3 is 15.4 Å². The highest BCUT2D eigenvalue weighted by Gasteiger charge is 2.17. The summed E-state index contributed by atoms with van der Waals surface area (Å²) in [5.74, 6) is 1.25. The molecule has 0 aliphatic heterocycles. The van der Waals surface area contributed by atoms with Crippen LogP contribution in [0.15, 0.2) is 43.0 Å². The Kier molecular flexibility index (Phi) is 8.13. The predicted octanol–water partition coefficient (Wildman–Crippen LogP) is 4.08. The van der Waals surface area contributed by atoms with Gasteiger partial charge in [0.2, 0.25) is 0 Å². The zero-order valence-corrected chi connectivity index (χ0v) is 21.4. The number of hydrogen-bond donors (Lipinski definition) is 3. The van der Waals surface area contributed by atoms with E-state index in [2.05, 4.69) is 30.9 Å². The average Bonchev–Trinajstić information content (AvgIpc) is 3.35. The lowest BCUT2D eigenvalue weighted by Gasteiger charge is -2.13. The summed E-state index contributed by atoms with van der Waals surface area (Å²) in [6.45, 7) is 5.46. The number of anilines is 1. The number of carbonyl (C=O) groups excluding carboxylic acids is 1. The fourth-order valence-electron chi connectivity index (χ4n) is 3.74. The summed E-state index contributed by atoms with van der Waals surface area (Å²) < 4.78 is 5.42. The summed E-state index contributed by atoms with van der Waals surface area (Å²) in [4.78, 5) is 35.5. The minimum Gasteiger partial charge on any atom is -0.497 e. The second-order valence-electron chi connectivity index (χ2n) is 8.06. The maximum atomic E-state index is 12.2. The Hall–Kier alpha value is -3.96. The number of urea groups is 1. The lowest BCUT2D eigenvalue weighted by atomic mass is 9.98. The molecule has 3 aromatic heterocycles. The van der Waals surface area contributed by atoms with Crippen molar-refractivity contribution in [3.8, 4) is 39.1 Å². The molecule has 0 bridgehead atoms. The largest absolute Gasteiger partial charge is 0.497 e. The van der Waals surface area contributed by atoms with E-state index in [9.17, 15) is 4.79 Å². The van der Waals surface area contributed by atoms with Crippen molar-refractivity contribution in [3.63, 3.8) is 0 Å². The second-order valence-corrected chi connectivity index (χ2v) is 9.09. The number of ether oxygens (including phenoxy) is 1. The van der Waals surface area contributed by atoms with Crippen LogP contribution in [-0.2, 0) is 0 Å². The number of amides is 2. The van der Waals surface area contributed by atoms with Crippen molar-refractivity contribution in [2.45, 2.75) is 20.3 Å². The minimum absolute atomic E-state index is 0.292. The molecule has 0 atom stereocenters. The van der Waals surface area contributed by atoms with E-state index in [1.54, 1.807) is 31.9 Å². The third-order valence-corrected chi connectivity index (χ3v) is 6.32.